The Kier molecular flexibility index (Phi) is 6.63. The molecule has 1 unspecified atom stereocenters. The number of nitrogens with one attached hydrogen (secondary N) is 1. The van der Waals surface area contributed by atoms with E-state index in [2.05, 4.69) is 51.0 Å². The fourth-order valence-electron chi connectivity index (χ4n) is 5.57. The van der Waals surface area contributed by atoms with Crippen molar-refractivity contribution in [1.82, 2.24) is 14.9 Å². The van der Waals surface area contributed by atoms with Crippen molar-refractivity contribution in [2.75, 3.05) is 42.5 Å². The number of nitrogens with zero attached hydrogens (tertiary/aromatic N) is 4. The molecule has 1 aromatic carbocycles. The van der Waals surface area contributed by atoms with E-state index in [0.717, 1.165) is 64.2 Å². The molecular weight excluding hydrogens is 410 g/mol. The minimum atomic E-state index is 0.0917. The highest BCUT2D eigenvalue weighted by molar-refractivity contribution is 5.95. The van der Waals surface area contributed by atoms with Crippen LogP contribution in [0.5, 0.6) is 0 Å². The number of aromatic nitrogens is 2. The van der Waals surface area contributed by atoms with Gasteiger partial charge in [0, 0.05) is 73.7 Å². The smallest absolute Gasteiger partial charge is 0.231 e. The zero-order chi connectivity index (χ0) is 22.6. The number of rotatable bonds is 6. The molecule has 3 heterocycles. The summed E-state index contributed by atoms with van der Waals surface area (Å²) in [5.41, 5.74) is 2.50. The van der Waals surface area contributed by atoms with Gasteiger partial charge in [-0.15, -0.1) is 0 Å². The first-order valence-corrected chi connectivity index (χ1v) is 12.5. The molecule has 1 N–H and O–H groups in total. The van der Waals surface area contributed by atoms with Crippen molar-refractivity contribution in [3.63, 3.8) is 0 Å². The maximum atomic E-state index is 13.6. The highest BCUT2D eigenvalue weighted by Crippen LogP contribution is 2.29. The first-order valence-electron chi connectivity index (χ1n) is 12.5. The van der Waals surface area contributed by atoms with Gasteiger partial charge in [-0.05, 0) is 50.1 Å². The summed E-state index contributed by atoms with van der Waals surface area (Å²) in [6.45, 7) is 7.05. The van der Waals surface area contributed by atoms with Crippen molar-refractivity contribution < 1.29 is 4.79 Å². The van der Waals surface area contributed by atoms with Gasteiger partial charge in [0.2, 0.25) is 5.91 Å². The first kappa shape index (κ1) is 22.0. The monoisotopic (exact) mass is 445 g/mol. The second kappa shape index (κ2) is 9.96. The molecule has 2 aliphatic rings. The Hall–Kier alpha value is -2.86. The molecule has 3 aromatic rings. The van der Waals surface area contributed by atoms with E-state index in [0.29, 0.717) is 0 Å². The average molecular weight is 446 g/mol. The van der Waals surface area contributed by atoms with Gasteiger partial charge in [-0.1, -0.05) is 31.4 Å². The molecule has 33 heavy (non-hydrogen) atoms. The number of fused-ring (bicyclic) bond motifs is 1. The van der Waals surface area contributed by atoms with Crippen molar-refractivity contribution in [1.29, 1.82) is 0 Å². The quantitative estimate of drug-likeness (QED) is 0.598. The standard InChI is InChI=1S/C27H35N5O/c1-21(32(26-12-5-6-14-29-26)27(33)22-8-3-2-4-9-22)20-30-16-18-31(19-17-30)25-11-7-10-24-23(25)13-15-28-24/h5-7,10-15,21-22,28H,2-4,8-9,16-20H2,1H3. The topological polar surface area (TPSA) is 55.5 Å². The second-order valence-corrected chi connectivity index (χ2v) is 9.58. The van der Waals surface area contributed by atoms with Crippen molar-refractivity contribution in [3.05, 3.63) is 54.9 Å². The number of piperazine rings is 1. The fourth-order valence-corrected chi connectivity index (χ4v) is 5.57. The van der Waals surface area contributed by atoms with Crippen LogP contribution in [0.4, 0.5) is 11.5 Å². The summed E-state index contributed by atoms with van der Waals surface area (Å²) in [6, 6.07) is 14.6. The highest BCUT2D eigenvalue weighted by atomic mass is 16.2. The molecule has 1 saturated carbocycles. The second-order valence-electron chi connectivity index (χ2n) is 9.58. The Bertz CT molecular complexity index is 1050. The lowest BCUT2D eigenvalue weighted by molar-refractivity contribution is -0.123. The molecule has 2 fully saturated rings. The predicted octanol–water partition coefficient (Wildman–Crippen LogP) is 4.69. The van der Waals surface area contributed by atoms with Gasteiger partial charge >= 0.3 is 0 Å². The van der Waals surface area contributed by atoms with Crippen molar-refractivity contribution in [3.8, 4) is 0 Å². The van der Waals surface area contributed by atoms with Gasteiger partial charge in [0.25, 0.3) is 0 Å². The summed E-state index contributed by atoms with van der Waals surface area (Å²) >= 11 is 0. The SMILES string of the molecule is CC(CN1CCN(c2cccc3[nH]ccc23)CC1)N(C(=O)C1CCCCC1)c1ccccn1. The lowest BCUT2D eigenvalue weighted by atomic mass is 9.88. The number of H-pyrrole nitrogens is 1. The summed E-state index contributed by atoms with van der Waals surface area (Å²) in [6.07, 6.45) is 9.42. The molecule has 6 nitrogen and oxygen atoms in total. The fraction of sp³-hybridized carbons (Fsp3) is 0.481. The first-order chi connectivity index (χ1) is 16.2. The summed E-state index contributed by atoms with van der Waals surface area (Å²) in [7, 11) is 0. The van der Waals surface area contributed by atoms with Crippen LogP contribution in [0.25, 0.3) is 10.9 Å². The van der Waals surface area contributed by atoms with Crippen LogP contribution in [0.15, 0.2) is 54.9 Å². The molecule has 5 rings (SSSR count). The third kappa shape index (κ3) is 4.76. The number of aromatic amines is 1. The van der Waals surface area contributed by atoms with Gasteiger partial charge in [-0.2, -0.15) is 0 Å². The maximum absolute atomic E-state index is 13.6. The minimum Gasteiger partial charge on any atom is -0.368 e. The van der Waals surface area contributed by atoms with Crippen molar-refractivity contribution >= 4 is 28.3 Å². The molecule has 1 aliphatic carbocycles. The van der Waals surface area contributed by atoms with E-state index in [1.165, 1.54) is 23.0 Å². The van der Waals surface area contributed by atoms with Gasteiger partial charge in [-0.3, -0.25) is 14.6 Å². The number of pyridine rings is 1. The number of benzene rings is 1. The largest absolute Gasteiger partial charge is 0.368 e. The van der Waals surface area contributed by atoms with Crippen LogP contribution in [0, 0.1) is 5.92 Å². The Morgan fingerprint density at radius 1 is 1.06 bits per heavy atom. The molecule has 0 spiro atoms. The van der Waals surface area contributed by atoms with Gasteiger partial charge < -0.3 is 9.88 Å². The van der Waals surface area contributed by atoms with Crippen LogP contribution >= 0.6 is 0 Å². The lowest BCUT2D eigenvalue weighted by Crippen LogP contribution is -2.53. The Morgan fingerprint density at radius 2 is 1.88 bits per heavy atom. The van der Waals surface area contributed by atoms with Crippen molar-refractivity contribution in [2.24, 2.45) is 5.92 Å². The van der Waals surface area contributed by atoms with Gasteiger partial charge in [0.05, 0.1) is 0 Å². The Morgan fingerprint density at radius 3 is 2.64 bits per heavy atom. The number of carbonyl (C=O) groups is 1. The maximum Gasteiger partial charge on any atom is 0.231 e. The molecule has 2 aromatic heterocycles. The zero-order valence-corrected chi connectivity index (χ0v) is 19.6. The molecule has 1 amide bonds. The van der Waals surface area contributed by atoms with E-state index in [1.807, 2.05) is 29.3 Å². The van der Waals surface area contributed by atoms with E-state index in [4.69, 9.17) is 0 Å². The van der Waals surface area contributed by atoms with Crippen LogP contribution in [0.2, 0.25) is 0 Å². The van der Waals surface area contributed by atoms with Crippen molar-refractivity contribution in [2.45, 2.75) is 45.1 Å². The lowest BCUT2D eigenvalue weighted by Gasteiger charge is -2.40. The number of hydrogen-bond donors (Lipinski definition) is 1. The van der Waals surface area contributed by atoms with Crippen LogP contribution in [0.3, 0.4) is 0 Å². The summed E-state index contributed by atoms with van der Waals surface area (Å²) < 4.78 is 0. The number of anilines is 2. The van der Waals surface area contributed by atoms with E-state index in [1.54, 1.807) is 6.20 Å². The number of hydrogen-bond acceptors (Lipinski definition) is 4. The van der Waals surface area contributed by atoms with Crippen LogP contribution in [0.1, 0.15) is 39.0 Å². The Labute approximate surface area is 196 Å². The number of carbonyl (C=O) groups excluding carboxylic acids is 1. The van der Waals surface area contributed by atoms with Gasteiger partial charge in [0.15, 0.2) is 0 Å². The van der Waals surface area contributed by atoms with Crippen LogP contribution in [-0.2, 0) is 4.79 Å². The highest BCUT2D eigenvalue weighted by Gasteiger charge is 2.32. The average Bonchev–Trinajstić information content (AvgIpc) is 3.35. The van der Waals surface area contributed by atoms with Crippen LogP contribution < -0.4 is 9.80 Å². The summed E-state index contributed by atoms with van der Waals surface area (Å²) in [5.74, 6) is 1.19. The number of amides is 1. The van der Waals surface area contributed by atoms with Gasteiger partial charge in [-0.25, -0.2) is 4.98 Å². The molecule has 0 radical (unpaired) electrons. The minimum absolute atomic E-state index is 0.0917. The molecular formula is C27H35N5O. The van der Waals surface area contributed by atoms with Crippen LogP contribution in [-0.4, -0.2) is 59.5 Å². The third-order valence-corrected chi connectivity index (χ3v) is 7.34. The van der Waals surface area contributed by atoms with E-state index < -0.39 is 0 Å². The molecule has 1 aliphatic heterocycles. The molecule has 1 saturated heterocycles. The summed E-state index contributed by atoms with van der Waals surface area (Å²) in [5, 5.41) is 1.29. The Balaban J connectivity index is 1.25. The van der Waals surface area contributed by atoms with E-state index in [-0.39, 0.29) is 17.9 Å². The normalized spacial score (nSPS) is 19.0. The zero-order valence-electron chi connectivity index (χ0n) is 19.6. The van der Waals surface area contributed by atoms with E-state index >= 15 is 0 Å². The van der Waals surface area contributed by atoms with E-state index in [9.17, 15) is 4.79 Å². The van der Waals surface area contributed by atoms with Gasteiger partial charge in [0.1, 0.15) is 5.82 Å². The molecule has 1 atom stereocenters. The molecule has 0 bridgehead atoms. The predicted molar refractivity (Wildman–Crippen MR) is 135 cm³/mol. The third-order valence-electron chi connectivity index (χ3n) is 7.34. The summed E-state index contributed by atoms with van der Waals surface area (Å²) in [4.78, 5) is 28.4. The molecule has 6 heteroatoms. The molecule has 174 valence electrons.